The zero-order valence-electron chi connectivity index (χ0n) is 8.74. The number of para-hydroxylation sites is 1. The number of hydrogen-bond acceptors (Lipinski definition) is 6. The van der Waals surface area contributed by atoms with Crippen molar-refractivity contribution in [2.45, 2.75) is 6.42 Å². The molecule has 7 heteroatoms. The number of nitrogens with two attached hydrogens (primary N) is 1. The first kappa shape index (κ1) is 9.64. The minimum absolute atomic E-state index is 0.152. The van der Waals surface area contributed by atoms with Crippen molar-refractivity contribution < 1.29 is 9.94 Å². The van der Waals surface area contributed by atoms with Crippen molar-refractivity contribution in [1.29, 1.82) is 0 Å². The predicted octanol–water partition coefficient (Wildman–Crippen LogP) is 0.469. The van der Waals surface area contributed by atoms with Crippen LogP contribution in [0.15, 0.2) is 24.3 Å². The van der Waals surface area contributed by atoms with Gasteiger partial charge in [-0.25, -0.2) is 0 Å². The van der Waals surface area contributed by atoms with Gasteiger partial charge in [-0.1, -0.05) is 17.0 Å². The molecule has 17 heavy (non-hydrogen) atoms. The molecule has 0 amide bonds. The van der Waals surface area contributed by atoms with Gasteiger partial charge in [0.25, 0.3) is 5.82 Å². The molecular weight excluding hydrogens is 222 g/mol. The molecule has 0 aliphatic carbocycles. The van der Waals surface area contributed by atoms with E-state index in [2.05, 4.69) is 15.5 Å². The van der Waals surface area contributed by atoms with Crippen molar-refractivity contribution in [3.63, 3.8) is 0 Å². The van der Waals surface area contributed by atoms with Crippen molar-refractivity contribution in [2.24, 2.45) is 0 Å². The summed E-state index contributed by atoms with van der Waals surface area (Å²) in [6, 6.07) is 5.55. The molecular formula is C10H9N5O2. The maximum atomic E-state index is 9.35. The van der Waals surface area contributed by atoms with Gasteiger partial charge in [0, 0.05) is 5.56 Å². The van der Waals surface area contributed by atoms with E-state index in [1.807, 2.05) is 12.1 Å². The summed E-state index contributed by atoms with van der Waals surface area (Å²) in [5.41, 5.74) is 7.36. The van der Waals surface area contributed by atoms with E-state index >= 15 is 0 Å². The van der Waals surface area contributed by atoms with Crippen LogP contribution in [-0.2, 0) is 6.42 Å². The molecule has 0 unspecified atom stereocenters. The Morgan fingerprint density at radius 3 is 3.06 bits per heavy atom. The summed E-state index contributed by atoms with van der Waals surface area (Å²) in [6.45, 7) is 0. The normalized spacial score (nSPS) is 13.8. The molecule has 0 fully saturated rings. The number of tetrazole rings is 1. The maximum absolute atomic E-state index is 9.35. The van der Waals surface area contributed by atoms with Crippen molar-refractivity contribution in [1.82, 2.24) is 20.4 Å². The first-order valence-corrected chi connectivity index (χ1v) is 4.99. The fourth-order valence-electron chi connectivity index (χ4n) is 1.71. The lowest BCUT2D eigenvalue weighted by molar-refractivity contribution is 0.138. The number of hydrogen-bond donors (Lipinski definition) is 2. The predicted molar refractivity (Wildman–Crippen MR) is 58.2 cm³/mol. The van der Waals surface area contributed by atoms with E-state index in [9.17, 15) is 5.21 Å². The highest BCUT2D eigenvalue weighted by Gasteiger charge is 2.20. The maximum Gasteiger partial charge on any atom is 0.257 e. The zero-order chi connectivity index (χ0) is 11.8. The Hall–Kier alpha value is -2.57. The molecule has 0 spiro atoms. The van der Waals surface area contributed by atoms with Crippen LogP contribution < -0.4 is 10.5 Å². The minimum Gasteiger partial charge on any atom is -0.451 e. The van der Waals surface area contributed by atoms with Crippen LogP contribution in [0.5, 0.6) is 5.75 Å². The lowest BCUT2D eigenvalue weighted by Crippen LogP contribution is -2.10. The molecule has 86 valence electrons. The second kappa shape index (κ2) is 3.48. The topological polar surface area (TPSA) is 99.1 Å². The third-order valence-electron chi connectivity index (χ3n) is 2.52. The van der Waals surface area contributed by atoms with E-state index in [1.54, 1.807) is 12.1 Å². The highest BCUT2D eigenvalue weighted by Crippen LogP contribution is 2.34. The van der Waals surface area contributed by atoms with Crippen LogP contribution in [0, 0.1) is 0 Å². The van der Waals surface area contributed by atoms with Crippen LogP contribution in [0.25, 0.3) is 5.76 Å². The Balaban J connectivity index is 2.02. The summed E-state index contributed by atoms with van der Waals surface area (Å²) in [5, 5.41) is 19.7. The number of anilines is 1. The average molecular weight is 231 g/mol. The Morgan fingerprint density at radius 1 is 1.41 bits per heavy atom. The molecule has 1 aromatic heterocycles. The van der Waals surface area contributed by atoms with Crippen LogP contribution >= 0.6 is 0 Å². The van der Waals surface area contributed by atoms with Crippen LogP contribution in [0.3, 0.4) is 0 Å². The lowest BCUT2D eigenvalue weighted by atomic mass is 10.1. The molecule has 7 nitrogen and oxygen atoms in total. The fraction of sp³-hybridized carbons (Fsp3) is 0.100. The number of allylic oxidation sites excluding steroid dienone is 1. The largest absolute Gasteiger partial charge is 0.451 e. The summed E-state index contributed by atoms with van der Waals surface area (Å²) < 4.78 is 5.60. The van der Waals surface area contributed by atoms with Gasteiger partial charge >= 0.3 is 0 Å². The van der Waals surface area contributed by atoms with Gasteiger partial charge in [0.1, 0.15) is 0 Å². The number of rotatable bonds is 1. The van der Waals surface area contributed by atoms with Crippen molar-refractivity contribution in [2.75, 3.05) is 5.73 Å². The highest BCUT2D eigenvalue weighted by molar-refractivity contribution is 5.67. The van der Waals surface area contributed by atoms with E-state index in [0.717, 1.165) is 5.56 Å². The minimum atomic E-state index is 0.152. The van der Waals surface area contributed by atoms with E-state index in [-0.39, 0.29) is 5.82 Å². The molecule has 1 aliphatic rings. The number of benzene rings is 1. The van der Waals surface area contributed by atoms with E-state index in [0.29, 0.717) is 28.5 Å². The summed E-state index contributed by atoms with van der Waals surface area (Å²) in [6.07, 6.45) is 2.45. The first-order chi connectivity index (χ1) is 8.25. The van der Waals surface area contributed by atoms with Gasteiger partial charge in [-0.2, -0.15) is 0 Å². The third kappa shape index (κ3) is 1.48. The summed E-state index contributed by atoms with van der Waals surface area (Å²) in [4.78, 5) is 0.565. The van der Waals surface area contributed by atoms with E-state index < -0.39 is 0 Å². The van der Waals surface area contributed by atoms with E-state index in [1.165, 1.54) is 0 Å². The van der Waals surface area contributed by atoms with Gasteiger partial charge in [0.05, 0.1) is 5.69 Å². The molecule has 2 aromatic rings. The van der Waals surface area contributed by atoms with Crippen molar-refractivity contribution in [3.05, 3.63) is 35.7 Å². The Morgan fingerprint density at radius 2 is 2.29 bits per heavy atom. The van der Waals surface area contributed by atoms with Crippen LogP contribution in [0.4, 0.5) is 5.69 Å². The molecule has 3 rings (SSSR count). The van der Waals surface area contributed by atoms with Crippen molar-refractivity contribution in [3.8, 4) is 5.75 Å². The molecule has 1 aliphatic heterocycles. The summed E-state index contributed by atoms with van der Waals surface area (Å²) >= 11 is 0. The monoisotopic (exact) mass is 231 g/mol. The van der Waals surface area contributed by atoms with Crippen molar-refractivity contribution >= 4 is 11.4 Å². The molecule has 2 heterocycles. The second-order valence-corrected chi connectivity index (χ2v) is 3.60. The molecule has 0 saturated heterocycles. The number of fused-ring (bicyclic) bond motifs is 1. The molecule has 0 radical (unpaired) electrons. The molecule has 3 N–H and O–H groups in total. The average Bonchev–Trinajstić information content (AvgIpc) is 2.76. The Bertz CT molecular complexity index is 604. The Labute approximate surface area is 96.1 Å². The van der Waals surface area contributed by atoms with E-state index in [4.69, 9.17) is 10.5 Å². The first-order valence-electron chi connectivity index (χ1n) is 4.99. The van der Waals surface area contributed by atoms with Gasteiger partial charge in [0.2, 0.25) is 0 Å². The summed E-state index contributed by atoms with van der Waals surface area (Å²) in [5.74, 6) is 1.13. The SMILES string of the molecule is Nc1cccc2c1OC(c1nnnn1O)=CC2. The van der Waals surface area contributed by atoms with Gasteiger partial charge in [-0.15, -0.1) is 5.10 Å². The second-order valence-electron chi connectivity index (χ2n) is 3.60. The zero-order valence-corrected chi connectivity index (χ0v) is 8.74. The number of nitrogen functional groups attached to an aromatic ring is 1. The number of nitrogens with zero attached hydrogens (tertiary/aromatic N) is 4. The third-order valence-corrected chi connectivity index (χ3v) is 2.52. The van der Waals surface area contributed by atoms with Gasteiger partial charge in [-0.3, -0.25) is 0 Å². The highest BCUT2D eigenvalue weighted by atomic mass is 16.5. The smallest absolute Gasteiger partial charge is 0.257 e. The molecule has 0 atom stereocenters. The fourth-order valence-corrected chi connectivity index (χ4v) is 1.71. The molecule has 0 saturated carbocycles. The van der Waals surface area contributed by atoms with Crippen LogP contribution in [0.2, 0.25) is 0 Å². The number of aromatic nitrogens is 4. The molecule has 1 aromatic carbocycles. The number of ether oxygens (including phenoxy) is 1. The van der Waals surface area contributed by atoms with Crippen LogP contribution in [0.1, 0.15) is 11.4 Å². The Kier molecular flexibility index (Phi) is 1.97. The van der Waals surface area contributed by atoms with Gasteiger partial charge < -0.3 is 15.7 Å². The van der Waals surface area contributed by atoms with Gasteiger partial charge in [0.15, 0.2) is 11.5 Å². The van der Waals surface area contributed by atoms with Crippen LogP contribution in [-0.4, -0.2) is 25.6 Å². The lowest BCUT2D eigenvalue weighted by Gasteiger charge is -2.18. The standard InChI is InChI=1S/C10H9N5O2/c11-7-3-1-2-6-4-5-8(17-9(6)7)10-12-13-14-15(10)16/h1-3,5,16H,4,11H2. The van der Waals surface area contributed by atoms with Gasteiger partial charge in [-0.05, 0) is 29.0 Å². The summed E-state index contributed by atoms with van der Waals surface area (Å²) in [7, 11) is 0. The quantitative estimate of drug-likeness (QED) is 0.546. The molecule has 0 bridgehead atoms.